The molecule has 0 heterocycles. The van der Waals surface area contributed by atoms with E-state index in [1.54, 1.807) is 0 Å². The largest absolute Gasteiger partial charge is 0.304 e. The van der Waals surface area contributed by atoms with Gasteiger partial charge in [-0.2, -0.15) is 4.39 Å². The van der Waals surface area contributed by atoms with Crippen LogP contribution in [0.15, 0.2) is 18.2 Å². The smallest absolute Gasteiger partial charge is 0.304 e. The fourth-order valence-corrected chi connectivity index (χ4v) is 1.03. The van der Waals surface area contributed by atoms with Gasteiger partial charge < -0.3 is 4.84 Å². The van der Waals surface area contributed by atoms with Crippen molar-refractivity contribution in [1.82, 2.24) is 0 Å². The van der Waals surface area contributed by atoms with Gasteiger partial charge in [0.25, 0.3) is 0 Å². The second-order valence-electron chi connectivity index (χ2n) is 2.66. The van der Waals surface area contributed by atoms with Crippen LogP contribution in [0.4, 0.5) is 10.1 Å². The van der Waals surface area contributed by atoms with E-state index < -0.39 is 16.4 Å². The van der Waals surface area contributed by atoms with Crippen molar-refractivity contribution in [2.45, 2.75) is 6.42 Å². The van der Waals surface area contributed by atoms with Crippen LogP contribution in [0.3, 0.4) is 0 Å². The van der Waals surface area contributed by atoms with Crippen molar-refractivity contribution < 1.29 is 14.2 Å². The zero-order chi connectivity index (χ0) is 10.6. The average molecular weight is 200 g/mol. The van der Waals surface area contributed by atoms with E-state index in [1.165, 1.54) is 6.07 Å². The average Bonchev–Trinajstić information content (AvgIpc) is 2.14. The van der Waals surface area contributed by atoms with Crippen molar-refractivity contribution in [2.75, 3.05) is 6.61 Å². The van der Waals surface area contributed by atoms with Gasteiger partial charge in [0.05, 0.1) is 11.5 Å². The summed E-state index contributed by atoms with van der Waals surface area (Å²) in [6.07, 6.45) is 0.422. The van der Waals surface area contributed by atoms with Gasteiger partial charge in [0.1, 0.15) is 0 Å². The molecule has 1 aromatic carbocycles. The fraction of sp³-hybridized carbons (Fsp3) is 0.250. The van der Waals surface area contributed by atoms with Gasteiger partial charge in [-0.05, 0) is 18.1 Å². The number of benzene rings is 1. The first-order valence-electron chi connectivity index (χ1n) is 3.89. The molecule has 6 heteroatoms. The molecule has 0 bridgehead atoms. The molecular weight excluding hydrogens is 191 g/mol. The van der Waals surface area contributed by atoms with Crippen molar-refractivity contribution in [1.29, 1.82) is 0 Å². The lowest BCUT2D eigenvalue weighted by Gasteiger charge is -2.00. The van der Waals surface area contributed by atoms with Gasteiger partial charge >= 0.3 is 5.69 Å². The first kappa shape index (κ1) is 10.6. The highest BCUT2D eigenvalue weighted by molar-refractivity contribution is 5.35. The third kappa shape index (κ3) is 2.48. The van der Waals surface area contributed by atoms with Gasteiger partial charge in [-0.25, -0.2) is 5.90 Å². The quantitative estimate of drug-likeness (QED) is 0.584. The zero-order valence-corrected chi connectivity index (χ0v) is 7.27. The van der Waals surface area contributed by atoms with Crippen LogP contribution < -0.4 is 5.90 Å². The molecule has 0 aliphatic rings. The minimum Gasteiger partial charge on any atom is -0.304 e. The second-order valence-corrected chi connectivity index (χ2v) is 2.66. The molecule has 5 nitrogen and oxygen atoms in total. The van der Waals surface area contributed by atoms with E-state index in [1.807, 2.05) is 0 Å². The molecule has 0 aromatic heterocycles. The molecule has 14 heavy (non-hydrogen) atoms. The van der Waals surface area contributed by atoms with Gasteiger partial charge in [0.2, 0.25) is 5.82 Å². The summed E-state index contributed by atoms with van der Waals surface area (Å²) in [7, 11) is 0. The summed E-state index contributed by atoms with van der Waals surface area (Å²) in [5.41, 5.74) is 0.0842. The molecule has 0 aliphatic carbocycles. The molecule has 0 saturated carbocycles. The highest BCUT2D eigenvalue weighted by Gasteiger charge is 2.13. The van der Waals surface area contributed by atoms with Gasteiger partial charge in [-0.3, -0.25) is 10.1 Å². The lowest BCUT2D eigenvalue weighted by molar-refractivity contribution is -0.387. The molecule has 0 atom stereocenters. The molecule has 0 amide bonds. The van der Waals surface area contributed by atoms with Crippen molar-refractivity contribution in [2.24, 2.45) is 5.90 Å². The summed E-state index contributed by atoms with van der Waals surface area (Å²) in [5.74, 6) is 3.95. The summed E-state index contributed by atoms with van der Waals surface area (Å²) in [6.45, 7) is 0.247. The molecule has 0 saturated heterocycles. The van der Waals surface area contributed by atoms with Crippen LogP contribution >= 0.6 is 0 Å². The topological polar surface area (TPSA) is 78.4 Å². The van der Waals surface area contributed by atoms with E-state index in [0.29, 0.717) is 12.0 Å². The number of nitrogens with zero attached hydrogens (tertiary/aromatic N) is 1. The van der Waals surface area contributed by atoms with Crippen LogP contribution in [-0.2, 0) is 11.3 Å². The number of nitrogens with two attached hydrogens (primary N) is 1. The predicted octanol–water partition coefficient (Wildman–Crippen LogP) is 1.17. The lowest BCUT2D eigenvalue weighted by Crippen LogP contribution is -2.04. The van der Waals surface area contributed by atoms with E-state index in [9.17, 15) is 14.5 Å². The lowest BCUT2D eigenvalue weighted by atomic mass is 10.1. The van der Waals surface area contributed by atoms with Crippen molar-refractivity contribution in [3.63, 3.8) is 0 Å². The Bertz CT molecular complexity index is 343. The molecule has 0 aliphatic heterocycles. The Balaban J connectivity index is 2.83. The minimum atomic E-state index is -0.843. The van der Waals surface area contributed by atoms with Gasteiger partial charge in [-0.15, -0.1) is 0 Å². The van der Waals surface area contributed by atoms with Gasteiger partial charge in [0.15, 0.2) is 0 Å². The molecule has 1 aromatic rings. The molecular formula is C8H9FN2O3. The maximum absolute atomic E-state index is 13.0. The van der Waals surface area contributed by atoms with Crippen molar-refractivity contribution in [3.8, 4) is 0 Å². The first-order chi connectivity index (χ1) is 6.65. The Hall–Kier alpha value is -1.53. The fourth-order valence-electron chi connectivity index (χ4n) is 1.03. The summed E-state index contributed by atoms with van der Waals surface area (Å²) >= 11 is 0. The molecule has 0 radical (unpaired) electrons. The molecule has 0 unspecified atom stereocenters. The van der Waals surface area contributed by atoms with Crippen LogP contribution in [-0.4, -0.2) is 11.5 Å². The van der Waals surface area contributed by atoms with Crippen LogP contribution in [0.5, 0.6) is 0 Å². The van der Waals surface area contributed by atoms with E-state index in [0.717, 1.165) is 12.1 Å². The number of nitro benzene ring substituents is 1. The van der Waals surface area contributed by atoms with E-state index in [4.69, 9.17) is 5.90 Å². The number of rotatable bonds is 4. The van der Waals surface area contributed by atoms with Crippen molar-refractivity contribution >= 4 is 5.69 Å². The second kappa shape index (κ2) is 4.64. The van der Waals surface area contributed by atoms with Gasteiger partial charge in [-0.1, -0.05) is 6.07 Å². The molecule has 0 fully saturated rings. The monoisotopic (exact) mass is 200 g/mol. The first-order valence-corrected chi connectivity index (χ1v) is 3.89. The molecule has 1 rings (SSSR count). The molecule has 76 valence electrons. The maximum atomic E-state index is 13.0. The molecule has 0 spiro atoms. The summed E-state index contributed by atoms with van der Waals surface area (Å²) < 4.78 is 13.0. The standard InChI is InChI=1S/C8H9FN2O3/c9-7-5-6(3-4-14-10)1-2-8(7)11(12)13/h1-2,5H,3-4,10H2. The Morgan fingerprint density at radius 2 is 2.29 bits per heavy atom. The van der Waals surface area contributed by atoms with E-state index in [-0.39, 0.29) is 6.61 Å². The SMILES string of the molecule is NOCCc1ccc([N+](=O)[O-])c(F)c1. The highest BCUT2D eigenvalue weighted by Crippen LogP contribution is 2.18. The summed E-state index contributed by atoms with van der Waals surface area (Å²) in [4.78, 5) is 13.8. The Labute approximate surface area is 79.4 Å². The minimum absolute atomic E-state index is 0.247. The van der Waals surface area contributed by atoms with E-state index in [2.05, 4.69) is 4.84 Å². The van der Waals surface area contributed by atoms with Crippen LogP contribution in [0, 0.1) is 15.9 Å². The normalized spacial score (nSPS) is 10.1. The third-order valence-corrected chi connectivity index (χ3v) is 1.72. The van der Waals surface area contributed by atoms with Crippen LogP contribution in [0.25, 0.3) is 0 Å². The summed E-state index contributed by atoms with van der Waals surface area (Å²) in [6, 6.07) is 3.71. The Morgan fingerprint density at radius 3 is 2.79 bits per heavy atom. The highest BCUT2D eigenvalue weighted by atomic mass is 19.1. The Kier molecular flexibility index (Phi) is 3.49. The number of halogens is 1. The van der Waals surface area contributed by atoms with E-state index >= 15 is 0 Å². The predicted molar refractivity (Wildman–Crippen MR) is 46.9 cm³/mol. The Morgan fingerprint density at radius 1 is 1.57 bits per heavy atom. The number of hydrogen-bond donors (Lipinski definition) is 1. The number of nitro groups is 1. The summed E-state index contributed by atoms with van der Waals surface area (Å²) in [5, 5.41) is 10.3. The zero-order valence-electron chi connectivity index (χ0n) is 7.27. The van der Waals surface area contributed by atoms with Crippen molar-refractivity contribution in [3.05, 3.63) is 39.7 Å². The number of hydrogen-bond acceptors (Lipinski definition) is 4. The van der Waals surface area contributed by atoms with Crippen LogP contribution in [0.2, 0.25) is 0 Å². The van der Waals surface area contributed by atoms with Crippen LogP contribution in [0.1, 0.15) is 5.56 Å². The maximum Gasteiger partial charge on any atom is 0.304 e. The third-order valence-electron chi connectivity index (χ3n) is 1.72. The van der Waals surface area contributed by atoms with Gasteiger partial charge in [0, 0.05) is 6.07 Å². The molecule has 2 N–H and O–H groups in total.